The number of carboxylic acids is 1. The van der Waals surface area contributed by atoms with Gasteiger partial charge in [0.15, 0.2) is 5.71 Å². The third kappa shape index (κ3) is 4.54. The van der Waals surface area contributed by atoms with Crippen LogP contribution in [0.25, 0.3) is 6.08 Å². The van der Waals surface area contributed by atoms with Crippen LogP contribution in [-0.2, 0) is 19.7 Å². The highest BCUT2D eigenvalue weighted by molar-refractivity contribution is 7.85. The molecule has 1 aliphatic rings. The highest BCUT2D eigenvalue weighted by Gasteiger charge is 2.35. The molecule has 2 aromatic rings. The molecule has 2 aromatic carbocycles. The number of anilines is 2. The van der Waals surface area contributed by atoms with Crippen LogP contribution in [0.1, 0.15) is 5.56 Å². The van der Waals surface area contributed by atoms with Crippen LogP contribution in [-0.4, -0.2) is 49.8 Å². The molecule has 158 valence electrons. The van der Waals surface area contributed by atoms with E-state index in [0.717, 1.165) is 22.8 Å². The van der Waals surface area contributed by atoms with Gasteiger partial charge in [-0.2, -0.15) is 18.5 Å². The summed E-state index contributed by atoms with van der Waals surface area (Å²) in [6.45, 7) is 0. The SMILES string of the molecule is CN(C)c1ccc(C=C2C(=O)N(c3ccc(S(=O)(=O)O)cc3)N=C2C(=O)O)cc1.N. The van der Waals surface area contributed by atoms with Crippen molar-refractivity contribution < 1.29 is 27.7 Å². The maximum Gasteiger partial charge on any atom is 0.357 e. The van der Waals surface area contributed by atoms with Gasteiger partial charge in [0.1, 0.15) is 0 Å². The minimum absolute atomic E-state index is 0. The zero-order valence-corrected chi connectivity index (χ0v) is 17.0. The van der Waals surface area contributed by atoms with Crippen molar-refractivity contribution in [1.29, 1.82) is 0 Å². The summed E-state index contributed by atoms with van der Waals surface area (Å²) in [4.78, 5) is 25.9. The van der Waals surface area contributed by atoms with Gasteiger partial charge in [0, 0.05) is 19.8 Å². The Balaban J connectivity index is 0.00000320. The van der Waals surface area contributed by atoms with Crippen molar-refractivity contribution in [2.45, 2.75) is 4.90 Å². The third-order valence-electron chi connectivity index (χ3n) is 4.18. The minimum Gasteiger partial charge on any atom is -0.476 e. The van der Waals surface area contributed by atoms with E-state index in [-0.39, 0.29) is 22.3 Å². The quantitative estimate of drug-likeness (QED) is 0.477. The van der Waals surface area contributed by atoms with E-state index in [1.54, 1.807) is 12.1 Å². The summed E-state index contributed by atoms with van der Waals surface area (Å²) in [6, 6.07) is 11.8. The normalized spacial score (nSPS) is 15.0. The average molecular weight is 432 g/mol. The summed E-state index contributed by atoms with van der Waals surface area (Å²) in [7, 11) is -0.624. The van der Waals surface area contributed by atoms with Gasteiger partial charge in [-0.3, -0.25) is 9.35 Å². The molecule has 1 heterocycles. The smallest absolute Gasteiger partial charge is 0.357 e. The van der Waals surface area contributed by atoms with Crippen LogP contribution in [0.15, 0.2) is 64.1 Å². The number of carboxylic acid groups (broad SMARTS) is 1. The fourth-order valence-electron chi connectivity index (χ4n) is 2.67. The second kappa shape index (κ2) is 8.45. The van der Waals surface area contributed by atoms with Crippen molar-refractivity contribution in [1.82, 2.24) is 6.15 Å². The zero-order valence-electron chi connectivity index (χ0n) is 16.2. The Hall–Kier alpha value is -3.54. The van der Waals surface area contributed by atoms with Crippen LogP contribution in [0.3, 0.4) is 0 Å². The molecule has 0 aromatic heterocycles. The first-order valence-electron chi connectivity index (χ1n) is 8.31. The first-order valence-corrected chi connectivity index (χ1v) is 9.75. The molecular weight excluding hydrogens is 412 g/mol. The van der Waals surface area contributed by atoms with Crippen LogP contribution in [0.4, 0.5) is 11.4 Å². The Morgan fingerprint density at radius 3 is 2.10 bits per heavy atom. The summed E-state index contributed by atoms with van der Waals surface area (Å²) < 4.78 is 31.3. The highest BCUT2D eigenvalue weighted by Crippen LogP contribution is 2.26. The minimum atomic E-state index is -4.39. The number of carbonyl (C=O) groups excluding carboxylic acids is 1. The van der Waals surface area contributed by atoms with Crippen molar-refractivity contribution in [3.05, 3.63) is 59.7 Å². The number of rotatable bonds is 5. The van der Waals surface area contributed by atoms with E-state index in [9.17, 15) is 23.1 Å². The number of carbonyl (C=O) groups is 2. The van der Waals surface area contributed by atoms with E-state index in [1.165, 1.54) is 18.2 Å². The van der Waals surface area contributed by atoms with Gasteiger partial charge < -0.3 is 16.2 Å². The molecule has 10 nitrogen and oxygen atoms in total. The second-order valence-electron chi connectivity index (χ2n) is 6.38. The van der Waals surface area contributed by atoms with Crippen molar-refractivity contribution in [2.75, 3.05) is 24.0 Å². The molecule has 0 saturated carbocycles. The van der Waals surface area contributed by atoms with Crippen LogP contribution in [0, 0.1) is 0 Å². The van der Waals surface area contributed by atoms with Gasteiger partial charge >= 0.3 is 5.97 Å². The predicted octanol–water partition coefficient (Wildman–Crippen LogP) is 2.03. The Kier molecular flexibility index (Phi) is 6.41. The Bertz CT molecular complexity index is 1140. The van der Waals surface area contributed by atoms with E-state index >= 15 is 0 Å². The molecule has 0 radical (unpaired) electrons. The van der Waals surface area contributed by atoms with Gasteiger partial charge in [-0.1, -0.05) is 12.1 Å². The van der Waals surface area contributed by atoms with E-state index in [4.69, 9.17) is 4.55 Å². The molecule has 1 aliphatic heterocycles. The monoisotopic (exact) mass is 432 g/mol. The molecule has 0 unspecified atom stereocenters. The largest absolute Gasteiger partial charge is 0.476 e. The topological polar surface area (TPSA) is 163 Å². The molecular formula is C19H20N4O6S. The number of benzene rings is 2. The number of hydrogen-bond donors (Lipinski definition) is 3. The number of aliphatic carboxylic acids is 1. The zero-order chi connectivity index (χ0) is 21.3. The molecule has 0 saturated heterocycles. The van der Waals surface area contributed by atoms with E-state index < -0.39 is 27.7 Å². The van der Waals surface area contributed by atoms with Gasteiger partial charge in [0.05, 0.1) is 16.2 Å². The maximum absolute atomic E-state index is 12.8. The third-order valence-corrected chi connectivity index (χ3v) is 5.05. The summed E-state index contributed by atoms with van der Waals surface area (Å²) in [5.41, 5.74) is 1.20. The van der Waals surface area contributed by atoms with Crippen LogP contribution in [0.5, 0.6) is 0 Å². The van der Waals surface area contributed by atoms with Gasteiger partial charge in [0.2, 0.25) is 0 Å². The molecule has 11 heteroatoms. The number of hydrogen-bond acceptors (Lipinski definition) is 7. The number of amides is 1. The highest BCUT2D eigenvalue weighted by atomic mass is 32.2. The lowest BCUT2D eigenvalue weighted by Crippen LogP contribution is -2.22. The molecule has 0 spiro atoms. The predicted molar refractivity (Wildman–Crippen MR) is 113 cm³/mol. The average Bonchev–Trinajstić information content (AvgIpc) is 2.98. The molecule has 0 bridgehead atoms. The fraction of sp³-hybridized carbons (Fsp3) is 0.105. The fourth-order valence-corrected chi connectivity index (χ4v) is 3.15. The second-order valence-corrected chi connectivity index (χ2v) is 7.81. The molecule has 1 amide bonds. The summed E-state index contributed by atoms with van der Waals surface area (Å²) >= 11 is 0. The van der Waals surface area contributed by atoms with Crippen LogP contribution in [0.2, 0.25) is 0 Å². The Morgan fingerprint density at radius 1 is 1.07 bits per heavy atom. The Morgan fingerprint density at radius 2 is 1.63 bits per heavy atom. The molecule has 5 N–H and O–H groups in total. The lowest BCUT2D eigenvalue weighted by Gasteiger charge is -2.12. The Labute approximate surface area is 173 Å². The van der Waals surface area contributed by atoms with Crippen molar-refractivity contribution >= 4 is 45.2 Å². The molecule has 0 atom stereocenters. The summed E-state index contributed by atoms with van der Waals surface area (Å²) in [5.74, 6) is -2.04. The van der Waals surface area contributed by atoms with Crippen molar-refractivity contribution in [3.8, 4) is 0 Å². The maximum atomic E-state index is 12.8. The van der Waals surface area contributed by atoms with Gasteiger partial charge in [-0.25, -0.2) is 4.79 Å². The molecule has 3 rings (SSSR count). The molecule has 0 fully saturated rings. The van der Waals surface area contributed by atoms with Gasteiger partial charge in [-0.15, -0.1) is 0 Å². The molecule has 0 aliphatic carbocycles. The number of nitrogens with zero attached hydrogens (tertiary/aromatic N) is 3. The van der Waals surface area contributed by atoms with Crippen LogP contribution < -0.4 is 16.1 Å². The molecule has 30 heavy (non-hydrogen) atoms. The number of hydrazone groups is 1. The van der Waals surface area contributed by atoms with Crippen LogP contribution >= 0.6 is 0 Å². The van der Waals surface area contributed by atoms with E-state index in [2.05, 4.69) is 5.10 Å². The van der Waals surface area contributed by atoms with Gasteiger partial charge in [0.25, 0.3) is 16.0 Å². The summed E-state index contributed by atoms with van der Waals surface area (Å²) in [6.07, 6.45) is 1.43. The lowest BCUT2D eigenvalue weighted by molar-refractivity contribution is -0.129. The first-order chi connectivity index (χ1) is 13.6. The summed E-state index contributed by atoms with van der Waals surface area (Å²) in [5, 5.41) is 14.2. The lowest BCUT2D eigenvalue weighted by atomic mass is 10.1. The van der Waals surface area contributed by atoms with E-state index in [0.29, 0.717) is 5.56 Å². The van der Waals surface area contributed by atoms with Crippen molar-refractivity contribution in [3.63, 3.8) is 0 Å². The van der Waals surface area contributed by atoms with Gasteiger partial charge in [-0.05, 0) is 48.0 Å². The van der Waals surface area contributed by atoms with E-state index in [1.807, 2.05) is 31.1 Å². The standard InChI is InChI=1S/C19H17N3O6S.H3N/c1-21(2)13-5-3-12(4-6-13)11-16-17(19(24)25)20-22(18(16)23)14-7-9-15(10-8-14)29(26,27)28;/h3-11H,1-2H3,(H,24,25)(H,26,27,28);1H3. The first kappa shape index (κ1) is 22.7. The van der Waals surface area contributed by atoms with Crippen molar-refractivity contribution in [2.24, 2.45) is 5.10 Å².